The lowest BCUT2D eigenvalue weighted by Gasteiger charge is -2.12. The third kappa shape index (κ3) is 4.98. The molecule has 2 N–H and O–H groups in total. The smallest absolute Gasteiger partial charge is 0.406 e. The maximum absolute atomic E-state index is 13.0. The fourth-order valence-corrected chi connectivity index (χ4v) is 3.49. The van der Waals surface area contributed by atoms with Gasteiger partial charge in [0, 0.05) is 28.7 Å². The van der Waals surface area contributed by atoms with Gasteiger partial charge in [0.05, 0.1) is 17.7 Å². The molecular weight excluding hydrogens is 461 g/mol. The number of hydrogen-bond donors (Lipinski definition) is 1. The average Bonchev–Trinajstić information content (AvgIpc) is 3.02. The molecule has 178 valence electrons. The minimum atomic E-state index is -4.83. The van der Waals surface area contributed by atoms with E-state index in [-0.39, 0.29) is 5.56 Å². The third-order valence-electron chi connectivity index (χ3n) is 4.92. The molecule has 0 bridgehead atoms. The molecule has 0 aliphatic carbocycles. The van der Waals surface area contributed by atoms with Crippen LogP contribution >= 0.6 is 0 Å². The maximum atomic E-state index is 13.0. The molecule has 0 radical (unpaired) electrons. The van der Waals surface area contributed by atoms with Crippen LogP contribution in [0.25, 0.3) is 5.69 Å². The number of hydrogen-bond acceptors (Lipinski definition) is 6. The Morgan fingerprint density at radius 2 is 1.74 bits per heavy atom. The number of aromatic nitrogens is 2. The van der Waals surface area contributed by atoms with E-state index in [4.69, 9.17) is 5.73 Å². The number of Topliss-reactive ketones (excluding diaryl/α,β-unsaturated/α-hetero) is 1. The number of aryl methyl sites for hydroxylation is 1. The Hall–Kier alpha value is -4.42. The second-order valence-corrected chi connectivity index (χ2v) is 7.25. The summed E-state index contributed by atoms with van der Waals surface area (Å²) >= 11 is 0. The van der Waals surface area contributed by atoms with Crippen LogP contribution < -0.4 is 16.0 Å². The fraction of sp³-hybridized carbons (Fsp3) is 0.190. The number of nitrogens with zero attached hydrogens (tertiary/aromatic N) is 3. The van der Waals surface area contributed by atoms with Crippen LogP contribution in [0.4, 0.5) is 18.9 Å². The van der Waals surface area contributed by atoms with Gasteiger partial charge in [0.2, 0.25) is 0 Å². The molecule has 3 rings (SSSR count). The molecule has 0 atom stereocenters. The van der Waals surface area contributed by atoms with Crippen molar-refractivity contribution in [2.24, 2.45) is 5.73 Å². The first kappa shape index (κ1) is 24.2. The van der Waals surface area contributed by atoms with Gasteiger partial charge < -0.3 is 19.6 Å². The standard InChI is InChI=1S/C21H17F3N4O6/c1-11-7-16(12(2)27(11)13-3-5-15(6-4-13)34-21(22,23)24)18(29)10-26-9-14(28(32)33)8-17(19(25)30)20(26)31/h3-9H,10H2,1-2H3,(H2,25,30). The summed E-state index contributed by atoms with van der Waals surface area (Å²) in [5.41, 5.74) is 4.54. The molecule has 0 saturated heterocycles. The molecule has 1 amide bonds. The monoisotopic (exact) mass is 478 g/mol. The van der Waals surface area contributed by atoms with Crippen LogP contribution in [0.3, 0.4) is 0 Å². The lowest BCUT2D eigenvalue weighted by atomic mass is 10.1. The van der Waals surface area contributed by atoms with Gasteiger partial charge in [-0.05, 0) is 44.2 Å². The number of nitrogens with two attached hydrogens (primary N) is 1. The van der Waals surface area contributed by atoms with Crippen LogP contribution in [0.5, 0.6) is 5.75 Å². The van der Waals surface area contributed by atoms with Crippen molar-refractivity contribution < 1.29 is 32.4 Å². The number of halogens is 3. The van der Waals surface area contributed by atoms with Crippen LogP contribution in [0.1, 0.15) is 32.1 Å². The number of pyridine rings is 1. The van der Waals surface area contributed by atoms with Gasteiger partial charge in [-0.1, -0.05) is 0 Å². The third-order valence-corrected chi connectivity index (χ3v) is 4.92. The number of rotatable bonds is 7. The first-order valence-corrected chi connectivity index (χ1v) is 9.55. The Labute approximate surface area is 189 Å². The van der Waals surface area contributed by atoms with E-state index < -0.39 is 52.1 Å². The van der Waals surface area contributed by atoms with Gasteiger partial charge in [-0.15, -0.1) is 13.2 Å². The second-order valence-electron chi connectivity index (χ2n) is 7.25. The van der Waals surface area contributed by atoms with Crippen LogP contribution in [-0.4, -0.2) is 32.1 Å². The van der Waals surface area contributed by atoms with E-state index in [1.807, 2.05) is 0 Å². The SMILES string of the molecule is Cc1cc(C(=O)Cn2cc([N+](=O)[O-])cc(C(N)=O)c2=O)c(C)n1-c1ccc(OC(F)(F)F)cc1. The number of carbonyl (C=O) groups is 2. The Morgan fingerprint density at radius 1 is 1.12 bits per heavy atom. The minimum Gasteiger partial charge on any atom is -0.406 e. The summed E-state index contributed by atoms with van der Waals surface area (Å²) in [7, 11) is 0. The largest absolute Gasteiger partial charge is 0.573 e. The minimum absolute atomic E-state index is 0.173. The molecular formula is C21H17F3N4O6. The van der Waals surface area contributed by atoms with Gasteiger partial charge in [-0.3, -0.25) is 24.5 Å². The number of carbonyl (C=O) groups excluding carboxylic acids is 2. The first-order chi connectivity index (χ1) is 15.8. The molecule has 13 heteroatoms. The topological polar surface area (TPSA) is 139 Å². The van der Waals surface area contributed by atoms with Crippen molar-refractivity contribution in [3.8, 4) is 11.4 Å². The highest BCUT2D eigenvalue weighted by atomic mass is 19.4. The fourth-order valence-electron chi connectivity index (χ4n) is 3.49. The molecule has 0 fully saturated rings. The molecule has 0 aliphatic heterocycles. The van der Waals surface area contributed by atoms with E-state index in [1.165, 1.54) is 18.2 Å². The molecule has 3 aromatic rings. The van der Waals surface area contributed by atoms with Crippen molar-refractivity contribution in [2.75, 3.05) is 0 Å². The van der Waals surface area contributed by atoms with Crippen molar-refractivity contribution in [1.29, 1.82) is 0 Å². The van der Waals surface area contributed by atoms with Gasteiger partial charge in [-0.25, -0.2) is 0 Å². The molecule has 34 heavy (non-hydrogen) atoms. The summed E-state index contributed by atoms with van der Waals surface area (Å²) in [5, 5.41) is 11.1. The summed E-state index contributed by atoms with van der Waals surface area (Å²) in [4.78, 5) is 47.2. The van der Waals surface area contributed by atoms with Crippen molar-refractivity contribution in [1.82, 2.24) is 9.13 Å². The van der Waals surface area contributed by atoms with Crippen LogP contribution in [0.15, 0.2) is 47.4 Å². The van der Waals surface area contributed by atoms with Crippen molar-refractivity contribution in [2.45, 2.75) is 26.8 Å². The lowest BCUT2D eigenvalue weighted by Crippen LogP contribution is -2.31. The summed E-state index contributed by atoms with van der Waals surface area (Å²) < 4.78 is 43.3. The predicted molar refractivity (Wildman–Crippen MR) is 112 cm³/mol. The zero-order chi connectivity index (χ0) is 25.4. The number of ketones is 1. The normalized spacial score (nSPS) is 11.3. The van der Waals surface area contributed by atoms with Crippen LogP contribution in [0, 0.1) is 24.0 Å². The van der Waals surface area contributed by atoms with E-state index in [0.717, 1.165) is 29.0 Å². The van der Waals surface area contributed by atoms with Gasteiger partial charge >= 0.3 is 6.36 Å². The number of primary amides is 1. The molecule has 0 spiro atoms. The van der Waals surface area contributed by atoms with E-state index in [9.17, 15) is 37.7 Å². The Morgan fingerprint density at radius 3 is 2.26 bits per heavy atom. The predicted octanol–water partition coefficient (Wildman–Crippen LogP) is 3.04. The number of benzene rings is 1. The Kier molecular flexibility index (Phi) is 6.30. The molecule has 0 aliphatic rings. The first-order valence-electron chi connectivity index (χ1n) is 9.55. The Bertz CT molecular complexity index is 1360. The zero-order valence-corrected chi connectivity index (χ0v) is 17.8. The molecule has 0 unspecified atom stereocenters. The number of ether oxygens (including phenoxy) is 1. The molecule has 1 aromatic carbocycles. The van der Waals surface area contributed by atoms with Crippen LogP contribution in [-0.2, 0) is 6.54 Å². The summed E-state index contributed by atoms with van der Waals surface area (Å²) in [6.45, 7) is 2.64. The van der Waals surface area contributed by atoms with E-state index in [1.54, 1.807) is 18.4 Å². The summed E-state index contributed by atoms with van der Waals surface area (Å²) in [6, 6.07) is 7.24. The van der Waals surface area contributed by atoms with Crippen LogP contribution in [0.2, 0.25) is 0 Å². The van der Waals surface area contributed by atoms with E-state index in [2.05, 4.69) is 4.74 Å². The highest BCUT2D eigenvalue weighted by Gasteiger charge is 2.31. The van der Waals surface area contributed by atoms with Crippen molar-refractivity contribution in [3.05, 3.63) is 85.6 Å². The van der Waals surface area contributed by atoms with Crippen molar-refractivity contribution >= 4 is 17.4 Å². The quantitative estimate of drug-likeness (QED) is 0.315. The highest BCUT2D eigenvalue weighted by molar-refractivity contribution is 5.98. The number of nitro groups is 1. The average molecular weight is 478 g/mol. The van der Waals surface area contributed by atoms with Gasteiger partial charge in [0.1, 0.15) is 11.3 Å². The molecule has 0 saturated carbocycles. The number of alkyl halides is 3. The van der Waals surface area contributed by atoms with Gasteiger partial charge in [0.15, 0.2) is 5.78 Å². The summed E-state index contributed by atoms with van der Waals surface area (Å²) in [5.74, 6) is -2.18. The lowest BCUT2D eigenvalue weighted by molar-refractivity contribution is -0.385. The van der Waals surface area contributed by atoms with E-state index >= 15 is 0 Å². The van der Waals surface area contributed by atoms with E-state index in [0.29, 0.717) is 17.1 Å². The number of amides is 1. The maximum Gasteiger partial charge on any atom is 0.573 e. The molecule has 2 heterocycles. The highest BCUT2D eigenvalue weighted by Crippen LogP contribution is 2.26. The molecule has 2 aromatic heterocycles. The molecule has 10 nitrogen and oxygen atoms in total. The zero-order valence-electron chi connectivity index (χ0n) is 17.8. The van der Waals surface area contributed by atoms with Gasteiger partial charge in [-0.2, -0.15) is 0 Å². The second kappa shape index (κ2) is 8.84. The Balaban J connectivity index is 1.95. The van der Waals surface area contributed by atoms with Crippen molar-refractivity contribution in [3.63, 3.8) is 0 Å². The summed E-state index contributed by atoms with van der Waals surface area (Å²) in [6.07, 6.45) is -4.00. The van der Waals surface area contributed by atoms with Gasteiger partial charge in [0.25, 0.3) is 17.2 Å².